The van der Waals surface area contributed by atoms with E-state index in [4.69, 9.17) is 4.74 Å². The molecular weight excluding hydrogens is 412 g/mol. The number of carbonyl (C=O) groups is 1. The number of benzene rings is 3. The van der Waals surface area contributed by atoms with E-state index in [1.807, 2.05) is 68.4 Å². The Kier molecular flexibility index (Phi) is 6.85. The van der Waals surface area contributed by atoms with Crippen LogP contribution in [0.3, 0.4) is 0 Å². The first kappa shape index (κ1) is 22.6. The Labute approximate surface area is 183 Å². The predicted octanol–water partition coefficient (Wildman–Crippen LogP) is 3.81. The monoisotopic (exact) mass is 440 g/mol. The van der Waals surface area contributed by atoms with Crippen LogP contribution < -0.4 is 14.4 Å². The van der Waals surface area contributed by atoms with Crippen molar-refractivity contribution >= 4 is 32.4 Å². The molecule has 0 radical (unpaired) electrons. The van der Waals surface area contributed by atoms with Crippen LogP contribution in [0, 0.1) is 13.8 Å². The summed E-state index contributed by atoms with van der Waals surface area (Å²) in [6, 6.07) is 18.5. The summed E-state index contributed by atoms with van der Waals surface area (Å²) in [6.07, 6.45) is 1.11. The van der Waals surface area contributed by atoms with Gasteiger partial charge in [0, 0.05) is 0 Å². The van der Waals surface area contributed by atoms with Crippen LogP contribution in [-0.4, -0.2) is 39.8 Å². The number of nitrogens with one attached hydrogen (secondary N) is 1. The van der Waals surface area contributed by atoms with E-state index in [9.17, 15) is 13.2 Å². The SMILES string of the molecule is Cc1ccc(C)c(N([C@H](C)C(=O)NCCOc2ccc3ccccc3c2)S(C)(=O)=O)c1. The van der Waals surface area contributed by atoms with Gasteiger partial charge in [-0.25, -0.2) is 8.42 Å². The maximum absolute atomic E-state index is 12.7. The van der Waals surface area contributed by atoms with Crippen molar-refractivity contribution in [1.82, 2.24) is 5.32 Å². The standard InChI is InChI=1S/C24H28N2O4S/c1-17-9-10-18(2)23(15-17)26(31(4,28)29)19(3)24(27)25-13-14-30-22-12-11-20-7-5-6-8-21(20)16-22/h5-12,15-16,19H,13-14H2,1-4H3,(H,25,27)/t19-/m1/s1. The largest absolute Gasteiger partial charge is 0.492 e. The minimum absolute atomic E-state index is 0.264. The molecule has 3 aromatic carbocycles. The highest BCUT2D eigenvalue weighted by atomic mass is 32.2. The molecule has 0 aliphatic carbocycles. The molecular formula is C24H28N2O4S. The van der Waals surface area contributed by atoms with E-state index in [1.165, 1.54) is 4.31 Å². The summed E-state index contributed by atoms with van der Waals surface area (Å²) < 4.78 is 31.9. The quantitative estimate of drug-likeness (QED) is 0.541. The third-order valence-electron chi connectivity index (χ3n) is 5.08. The number of rotatable bonds is 8. The van der Waals surface area contributed by atoms with Gasteiger partial charge < -0.3 is 10.1 Å². The van der Waals surface area contributed by atoms with Crippen LogP contribution in [-0.2, 0) is 14.8 Å². The second kappa shape index (κ2) is 9.39. The first-order chi connectivity index (χ1) is 14.7. The molecule has 3 aromatic rings. The molecule has 1 atom stereocenters. The fourth-order valence-corrected chi connectivity index (χ4v) is 4.71. The predicted molar refractivity (Wildman–Crippen MR) is 125 cm³/mol. The van der Waals surface area contributed by atoms with Gasteiger partial charge in [-0.1, -0.05) is 42.5 Å². The smallest absolute Gasteiger partial charge is 0.243 e. The van der Waals surface area contributed by atoms with E-state index in [1.54, 1.807) is 13.0 Å². The highest BCUT2D eigenvalue weighted by Crippen LogP contribution is 2.26. The van der Waals surface area contributed by atoms with Crippen LogP contribution in [0.25, 0.3) is 10.8 Å². The van der Waals surface area contributed by atoms with Crippen molar-refractivity contribution in [3.8, 4) is 5.75 Å². The van der Waals surface area contributed by atoms with Crippen molar-refractivity contribution in [2.45, 2.75) is 26.8 Å². The van der Waals surface area contributed by atoms with Gasteiger partial charge >= 0.3 is 0 Å². The van der Waals surface area contributed by atoms with Crippen LogP contribution >= 0.6 is 0 Å². The van der Waals surface area contributed by atoms with E-state index in [0.29, 0.717) is 11.4 Å². The number of ether oxygens (including phenoxy) is 1. The Balaban J connectivity index is 1.63. The van der Waals surface area contributed by atoms with E-state index >= 15 is 0 Å². The Morgan fingerprint density at radius 3 is 2.45 bits per heavy atom. The summed E-state index contributed by atoms with van der Waals surface area (Å²) in [4.78, 5) is 12.7. The molecule has 0 heterocycles. The number of carbonyl (C=O) groups excluding carboxylic acids is 1. The fraction of sp³-hybridized carbons (Fsp3) is 0.292. The number of hydrogen-bond acceptors (Lipinski definition) is 4. The maximum atomic E-state index is 12.7. The molecule has 0 spiro atoms. The molecule has 7 heteroatoms. The molecule has 0 aromatic heterocycles. The second-order valence-corrected chi connectivity index (χ2v) is 9.53. The highest BCUT2D eigenvalue weighted by Gasteiger charge is 2.30. The van der Waals surface area contributed by atoms with Crippen molar-refractivity contribution in [2.24, 2.45) is 0 Å². The molecule has 3 rings (SSSR count). The molecule has 0 saturated carbocycles. The van der Waals surface area contributed by atoms with Gasteiger partial charge in [0.15, 0.2) is 0 Å². The highest BCUT2D eigenvalue weighted by molar-refractivity contribution is 7.92. The molecule has 164 valence electrons. The number of anilines is 1. The van der Waals surface area contributed by atoms with Crippen molar-refractivity contribution in [1.29, 1.82) is 0 Å². The minimum Gasteiger partial charge on any atom is -0.492 e. The van der Waals surface area contributed by atoms with E-state index in [0.717, 1.165) is 28.2 Å². The zero-order valence-electron chi connectivity index (χ0n) is 18.3. The van der Waals surface area contributed by atoms with Crippen molar-refractivity contribution in [2.75, 3.05) is 23.7 Å². The van der Waals surface area contributed by atoms with Gasteiger partial charge in [-0.15, -0.1) is 0 Å². The Morgan fingerprint density at radius 1 is 1.03 bits per heavy atom. The lowest BCUT2D eigenvalue weighted by atomic mass is 10.1. The zero-order chi connectivity index (χ0) is 22.6. The molecule has 1 N–H and O–H groups in total. The Bertz CT molecular complexity index is 1190. The van der Waals surface area contributed by atoms with Gasteiger partial charge in [0.05, 0.1) is 18.5 Å². The molecule has 6 nitrogen and oxygen atoms in total. The summed E-state index contributed by atoms with van der Waals surface area (Å²) in [5.41, 5.74) is 2.22. The number of sulfonamides is 1. The number of hydrogen-bond donors (Lipinski definition) is 1. The lowest BCUT2D eigenvalue weighted by Crippen LogP contribution is -2.48. The summed E-state index contributed by atoms with van der Waals surface area (Å²) in [7, 11) is -3.65. The second-order valence-electron chi connectivity index (χ2n) is 7.67. The molecule has 0 unspecified atom stereocenters. The average molecular weight is 441 g/mol. The van der Waals surface area contributed by atoms with Crippen molar-refractivity contribution in [3.63, 3.8) is 0 Å². The maximum Gasteiger partial charge on any atom is 0.243 e. The zero-order valence-corrected chi connectivity index (χ0v) is 19.1. The summed E-state index contributed by atoms with van der Waals surface area (Å²) in [5.74, 6) is 0.336. The van der Waals surface area contributed by atoms with Gasteiger partial charge in [-0.05, 0) is 60.9 Å². The fourth-order valence-electron chi connectivity index (χ4n) is 3.49. The van der Waals surface area contributed by atoms with Gasteiger partial charge in [-0.3, -0.25) is 9.10 Å². The first-order valence-corrected chi connectivity index (χ1v) is 12.0. The van der Waals surface area contributed by atoms with E-state index in [2.05, 4.69) is 5.32 Å². The topological polar surface area (TPSA) is 75.7 Å². The molecule has 0 fully saturated rings. The Morgan fingerprint density at radius 2 is 1.74 bits per heavy atom. The Hall–Kier alpha value is -3.06. The van der Waals surface area contributed by atoms with Gasteiger partial charge in [0.25, 0.3) is 0 Å². The molecule has 31 heavy (non-hydrogen) atoms. The van der Waals surface area contributed by atoms with Crippen LogP contribution in [0.15, 0.2) is 60.7 Å². The van der Waals surface area contributed by atoms with Crippen LogP contribution in [0.5, 0.6) is 5.75 Å². The summed E-state index contributed by atoms with van der Waals surface area (Å²) in [5, 5.41) is 4.98. The summed E-state index contributed by atoms with van der Waals surface area (Å²) >= 11 is 0. The molecule has 0 bridgehead atoms. The number of fused-ring (bicyclic) bond motifs is 1. The summed E-state index contributed by atoms with van der Waals surface area (Å²) in [6.45, 7) is 5.84. The third kappa shape index (κ3) is 5.55. The number of nitrogens with zero attached hydrogens (tertiary/aromatic N) is 1. The number of aryl methyl sites for hydroxylation is 2. The molecule has 0 aliphatic rings. The molecule has 0 aliphatic heterocycles. The molecule has 1 amide bonds. The van der Waals surface area contributed by atoms with Gasteiger partial charge in [-0.2, -0.15) is 0 Å². The van der Waals surface area contributed by atoms with Crippen LogP contribution in [0.2, 0.25) is 0 Å². The normalized spacial score (nSPS) is 12.4. The van der Waals surface area contributed by atoms with Crippen LogP contribution in [0.1, 0.15) is 18.1 Å². The van der Waals surface area contributed by atoms with Crippen LogP contribution in [0.4, 0.5) is 5.69 Å². The number of amides is 1. The molecule has 0 saturated heterocycles. The third-order valence-corrected chi connectivity index (χ3v) is 6.31. The van der Waals surface area contributed by atoms with Gasteiger partial charge in [0.1, 0.15) is 18.4 Å². The van der Waals surface area contributed by atoms with E-state index in [-0.39, 0.29) is 19.1 Å². The van der Waals surface area contributed by atoms with Crippen molar-refractivity contribution < 1.29 is 17.9 Å². The average Bonchev–Trinajstić information content (AvgIpc) is 2.72. The van der Waals surface area contributed by atoms with Gasteiger partial charge in [0.2, 0.25) is 15.9 Å². The lowest BCUT2D eigenvalue weighted by Gasteiger charge is -2.29. The first-order valence-electron chi connectivity index (χ1n) is 10.1. The van der Waals surface area contributed by atoms with E-state index < -0.39 is 16.1 Å². The minimum atomic E-state index is -3.65. The van der Waals surface area contributed by atoms with Crippen molar-refractivity contribution in [3.05, 3.63) is 71.8 Å². The lowest BCUT2D eigenvalue weighted by molar-refractivity contribution is -0.121.